The van der Waals surface area contributed by atoms with Crippen LogP contribution in [0.3, 0.4) is 0 Å². The summed E-state index contributed by atoms with van der Waals surface area (Å²) in [6.45, 7) is 5.73. The van der Waals surface area contributed by atoms with Gasteiger partial charge in [0, 0.05) is 5.69 Å². The Labute approximate surface area is 107 Å². The quantitative estimate of drug-likeness (QED) is 0.617. The van der Waals surface area contributed by atoms with Gasteiger partial charge in [0.15, 0.2) is 0 Å². The number of amides is 1. The fourth-order valence-electron chi connectivity index (χ4n) is 1.31. The first kappa shape index (κ1) is 13.9. The van der Waals surface area contributed by atoms with Crippen LogP contribution in [0.2, 0.25) is 0 Å². The molecule has 1 rings (SSSR count). The maximum Gasteiger partial charge on any atom is 0.253 e. The van der Waals surface area contributed by atoms with Crippen molar-refractivity contribution in [2.75, 3.05) is 11.9 Å². The molecule has 0 aliphatic rings. The number of nitriles is 1. The van der Waals surface area contributed by atoms with Crippen molar-refractivity contribution in [2.24, 2.45) is 0 Å². The van der Waals surface area contributed by atoms with E-state index in [1.807, 2.05) is 6.07 Å². The van der Waals surface area contributed by atoms with Crippen molar-refractivity contribution in [3.05, 3.63) is 42.5 Å². The van der Waals surface area contributed by atoms with Gasteiger partial charge in [0.25, 0.3) is 5.91 Å². The van der Waals surface area contributed by atoms with Crippen LogP contribution in [0.15, 0.2) is 36.9 Å². The summed E-state index contributed by atoms with van der Waals surface area (Å²) in [6.07, 6.45) is 1.92. The smallest absolute Gasteiger partial charge is 0.253 e. The van der Waals surface area contributed by atoms with E-state index in [-0.39, 0.29) is 5.91 Å². The third kappa shape index (κ3) is 4.40. The molecule has 0 fully saturated rings. The number of hydrogen-bond acceptors (Lipinski definition) is 3. The Kier molecular flexibility index (Phi) is 5.62. The van der Waals surface area contributed by atoms with Crippen LogP contribution in [0.5, 0.6) is 0 Å². The summed E-state index contributed by atoms with van der Waals surface area (Å²) in [6, 6.07) is 8.77. The molecule has 1 N–H and O–H groups in total. The zero-order chi connectivity index (χ0) is 13.4. The summed E-state index contributed by atoms with van der Waals surface area (Å²) in [5.74, 6) is -0.228. The van der Waals surface area contributed by atoms with Gasteiger partial charge in [-0.05, 0) is 31.5 Å². The predicted molar refractivity (Wildman–Crippen MR) is 70.0 cm³/mol. The largest absolute Gasteiger partial charge is 0.368 e. The van der Waals surface area contributed by atoms with Crippen molar-refractivity contribution < 1.29 is 9.53 Å². The highest BCUT2D eigenvalue weighted by Gasteiger charge is 2.13. The molecule has 0 saturated heterocycles. The van der Waals surface area contributed by atoms with Gasteiger partial charge >= 0.3 is 0 Å². The van der Waals surface area contributed by atoms with E-state index in [0.717, 1.165) is 0 Å². The average Bonchev–Trinajstić information content (AvgIpc) is 2.39. The lowest BCUT2D eigenvalue weighted by Crippen LogP contribution is -2.28. The van der Waals surface area contributed by atoms with E-state index >= 15 is 0 Å². The van der Waals surface area contributed by atoms with E-state index < -0.39 is 6.10 Å². The number of nitrogens with zero attached hydrogens (tertiary/aromatic N) is 1. The molecule has 0 saturated carbocycles. The maximum atomic E-state index is 11.8. The van der Waals surface area contributed by atoms with E-state index in [4.69, 9.17) is 10.00 Å². The molecular formula is C14H16N2O2. The molecule has 0 aromatic heterocycles. The van der Waals surface area contributed by atoms with Gasteiger partial charge in [0.1, 0.15) is 6.10 Å². The molecule has 1 aromatic carbocycles. The second-order valence-electron chi connectivity index (χ2n) is 3.77. The molecule has 0 radical (unpaired) electrons. The lowest BCUT2D eigenvalue weighted by Gasteiger charge is -2.12. The minimum Gasteiger partial charge on any atom is -0.368 e. The molecule has 0 spiro atoms. The molecular weight excluding hydrogens is 228 g/mol. The first-order valence-electron chi connectivity index (χ1n) is 5.71. The second-order valence-corrected chi connectivity index (χ2v) is 3.77. The van der Waals surface area contributed by atoms with Crippen LogP contribution >= 0.6 is 0 Å². The average molecular weight is 244 g/mol. The van der Waals surface area contributed by atoms with E-state index in [0.29, 0.717) is 24.3 Å². The van der Waals surface area contributed by atoms with Gasteiger partial charge in [-0.1, -0.05) is 12.1 Å². The van der Waals surface area contributed by atoms with Crippen molar-refractivity contribution in [3.8, 4) is 6.07 Å². The summed E-state index contributed by atoms with van der Waals surface area (Å²) in [7, 11) is 0. The maximum absolute atomic E-state index is 11.8. The van der Waals surface area contributed by atoms with E-state index in [1.54, 1.807) is 37.3 Å². The number of carbonyl (C=O) groups excluding carboxylic acids is 1. The molecule has 4 nitrogen and oxygen atoms in total. The van der Waals surface area contributed by atoms with Gasteiger partial charge in [-0.2, -0.15) is 5.26 Å². The number of nitrogens with one attached hydrogen (secondary N) is 1. The zero-order valence-electron chi connectivity index (χ0n) is 10.3. The minimum absolute atomic E-state index is 0.228. The molecule has 18 heavy (non-hydrogen) atoms. The Balaban J connectivity index is 2.53. The third-order valence-corrected chi connectivity index (χ3v) is 2.32. The van der Waals surface area contributed by atoms with Gasteiger partial charge in [-0.3, -0.25) is 4.79 Å². The van der Waals surface area contributed by atoms with Gasteiger partial charge in [-0.15, -0.1) is 6.58 Å². The van der Waals surface area contributed by atoms with Crippen LogP contribution in [0.25, 0.3) is 0 Å². The minimum atomic E-state index is -0.532. The van der Waals surface area contributed by atoms with Crippen molar-refractivity contribution in [3.63, 3.8) is 0 Å². The van der Waals surface area contributed by atoms with Crippen LogP contribution in [-0.2, 0) is 9.53 Å². The molecule has 4 heteroatoms. The standard InChI is InChI=1S/C14H16N2O2/c1-3-4-8-18-11(2)14(17)16-13-7-5-6-12(9-13)10-15/h3,5-7,9,11H,1,4,8H2,2H3,(H,16,17)/t11-/m0/s1. The summed E-state index contributed by atoms with van der Waals surface area (Å²) < 4.78 is 5.32. The summed E-state index contributed by atoms with van der Waals surface area (Å²) in [5, 5.41) is 11.5. The van der Waals surface area contributed by atoms with Gasteiger partial charge < -0.3 is 10.1 Å². The van der Waals surface area contributed by atoms with Gasteiger partial charge in [-0.25, -0.2) is 0 Å². The van der Waals surface area contributed by atoms with Gasteiger partial charge in [0.2, 0.25) is 0 Å². The molecule has 94 valence electrons. The number of ether oxygens (including phenoxy) is 1. The van der Waals surface area contributed by atoms with Crippen LogP contribution in [0.4, 0.5) is 5.69 Å². The third-order valence-electron chi connectivity index (χ3n) is 2.32. The molecule has 0 heterocycles. The number of rotatable bonds is 6. The van der Waals surface area contributed by atoms with Crippen molar-refractivity contribution in [1.29, 1.82) is 5.26 Å². The van der Waals surface area contributed by atoms with E-state index in [9.17, 15) is 4.79 Å². The topological polar surface area (TPSA) is 62.1 Å². The molecule has 0 bridgehead atoms. The Morgan fingerprint density at radius 2 is 2.44 bits per heavy atom. The monoisotopic (exact) mass is 244 g/mol. The van der Waals surface area contributed by atoms with Crippen molar-refractivity contribution in [2.45, 2.75) is 19.4 Å². The molecule has 0 unspecified atom stereocenters. The number of anilines is 1. The first-order chi connectivity index (χ1) is 8.67. The summed E-state index contributed by atoms with van der Waals surface area (Å²) in [5.41, 5.74) is 1.10. The van der Waals surface area contributed by atoms with Crippen molar-refractivity contribution >= 4 is 11.6 Å². The normalized spacial score (nSPS) is 11.3. The lowest BCUT2D eigenvalue weighted by molar-refractivity contribution is -0.126. The number of hydrogen-bond donors (Lipinski definition) is 1. The highest BCUT2D eigenvalue weighted by atomic mass is 16.5. The Morgan fingerprint density at radius 3 is 3.11 bits per heavy atom. The highest BCUT2D eigenvalue weighted by molar-refractivity contribution is 5.94. The fraction of sp³-hybridized carbons (Fsp3) is 0.286. The van der Waals surface area contributed by atoms with Crippen LogP contribution < -0.4 is 5.32 Å². The van der Waals surface area contributed by atoms with E-state index in [2.05, 4.69) is 11.9 Å². The molecule has 1 amide bonds. The van der Waals surface area contributed by atoms with E-state index in [1.165, 1.54) is 0 Å². The number of carbonyl (C=O) groups is 1. The second kappa shape index (κ2) is 7.25. The first-order valence-corrected chi connectivity index (χ1v) is 5.71. The molecule has 0 aliphatic carbocycles. The highest BCUT2D eigenvalue weighted by Crippen LogP contribution is 2.10. The van der Waals surface area contributed by atoms with Gasteiger partial charge in [0.05, 0.1) is 18.2 Å². The van der Waals surface area contributed by atoms with Crippen LogP contribution in [0, 0.1) is 11.3 Å². The van der Waals surface area contributed by atoms with Crippen molar-refractivity contribution in [1.82, 2.24) is 0 Å². The number of benzene rings is 1. The zero-order valence-corrected chi connectivity index (χ0v) is 10.3. The molecule has 1 aromatic rings. The molecule has 0 aliphatic heterocycles. The Morgan fingerprint density at radius 1 is 1.67 bits per heavy atom. The summed E-state index contributed by atoms with van der Waals surface area (Å²) >= 11 is 0. The summed E-state index contributed by atoms with van der Waals surface area (Å²) in [4.78, 5) is 11.8. The Hall–Kier alpha value is -2.12. The Bertz CT molecular complexity index is 463. The SMILES string of the molecule is C=CCCO[C@@H](C)C(=O)Nc1cccc(C#N)c1. The van der Waals surface area contributed by atoms with Crippen LogP contribution in [0.1, 0.15) is 18.9 Å². The lowest BCUT2D eigenvalue weighted by atomic mass is 10.2. The predicted octanol–water partition coefficient (Wildman–Crippen LogP) is 2.48. The molecule has 1 atom stereocenters. The van der Waals surface area contributed by atoms with Crippen LogP contribution in [-0.4, -0.2) is 18.6 Å². The fourth-order valence-corrected chi connectivity index (χ4v) is 1.31.